The first kappa shape index (κ1) is 17.7. The zero-order valence-electron chi connectivity index (χ0n) is 13.2. The lowest BCUT2D eigenvalue weighted by Gasteiger charge is -2.14. The number of nitrogens with one attached hydrogen (secondary N) is 2. The monoisotopic (exact) mass is 352 g/mol. The standard InChI is InChI=1S/C16H17FN2O4S/c1-3-23-16-9-8-12(10-15(16)18-11(2)20)24(21,22)19-14-7-5-4-6-13(14)17/h4-10,19H,3H2,1-2H3,(H,18,20). The van der Waals surface area contributed by atoms with Crippen molar-refractivity contribution in [2.24, 2.45) is 0 Å². The molecule has 0 saturated carbocycles. The summed E-state index contributed by atoms with van der Waals surface area (Å²) in [5.41, 5.74) is 0.0632. The SMILES string of the molecule is CCOc1ccc(S(=O)(=O)Nc2ccccc2F)cc1NC(C)=O. The average molecular weight is 352 g/mol. The summed E-state index contributed by atoms with van der Waals surface area (Å²) in [7, 11) is -4.02. The smallest absolute Gasteiger partial charge is 0.262 e. The van der Waals surface area contributed by atoms with Gasteiger partial charge in [-0.05, 0) is 37.3 Å². The van der Waals surface area contributed by atoms with Crippen LogP contribution in [0.2, 0.25) is 0 Å². The van der Waals surface area contributed by atoms with E-state index in [-0.39, 0.29) is 22.2 Å². The molecule has 0 bridgehead atoms. The van der Waals surface area contributed by atoms with E-state index in [1.54, 1.807) is 6.92 Å². The molecule has 0 atom stereocenters. The molecule has 8 heteroatoms. The fourth-order valence-corrected chi connectivity index (χ4v) is 3.09. The van der Waals surface area contributed by atoms with Crippen molar-refractivity contribution in [2.45, 2.75) is 18.7 Å². The van der Waals surface area contributed by atoms with E-state index in [0.29, 0.717) is 12.4 Å². The predicted octanol–water partition coefficient (Wildman–Crippen LogP) is 2.98. The number of hydrogen-bond donors (Lipinski definition) is 2. The summed E-state index contributed by atoms with van der Waals surface area (Å²) in [5.74, 6) is -0.709. The average Bonchev–Trinajstić information content (AvgIpc) is 2.51. The Hall–Kier alpha value is -2.61. The number of carbonyl (C=O) groups excluding carboxylic acids is 1. The van der Waals surface area contributed by atoms with E-state index in [1.165, 1.54) is 43.3 Å². The van der Waals surface area contributed by atoms with Gasteiger partial charge in [-0.1, -0.05) is 12.1 Å². The lowest BCUT2D eigenvalue weighted by molar-refractivity contribution is -0.114. The fourth-order valence-electron chi connectivity index (χ4n) is 1.99. The van der Waals surface area contributed by atoms with Crippen molar-refractivity contribution in [1.82, 2.24) is 0 Å². The van der Waals surface area contributed by atoms with Crippen LogP contribution in [0.3, 0.4) is 0 Å². The number of hydrogen-bond acceptors (Lipinski definition) is 4. The zero-order valence-corrected chi connectivity index (χ0v) is 14.0. The van der Waals surface area contributed by atoms with Crippen molar-refractivity contribution in [3.05, 3.63) is 48.3 Å². The highest BCUT2D eigenvalue weighted by Gasteiger charge is 2.18. The Morgan fingerprint density at radius 3 is 2.50 bits per heavy atom. The maximum Gasteiger partial charge on any atom is 0.262 e. The third-order valence-electron chi connectivity index (χ3n) is 2.99. The number of benzene rings is 2. The highest BCUT2D eigenvalue weighted by atomic mass is 32.2. The van der Waals surface area contributed by atoms with E-state index in [0.717, 1.165) is 6.07 Å². The summed E-state index contributed by atoms with van der Waals surface area (Å²) in [6, 6.07) is 9.45. The van der Waals surface area contributed by atoms with Gasteiger partial charge in [0.1, 0.15) is 11.6 Å². The molecule has 0 radical (unpaired) electrons. The molecular formula is C16H17FN2O4S. The maximum atomic E-state index is 13.6. The lowest BCUT2D eigenvalue weighted by Crippen LogP contribution is -2.15. The molecule has 0 aliphatic carbocycles. The number of carbonyl (C=O) groups is 1. The molecule has 2 rings (SSSR count). The maximum absolute atomic E-state index is 13.6. The third-order valence-corrected chi connectivity index (χ3v) is 4.35. The van der Waals surface area contributed by atoms with Crippen molar-refractivity contribution in [3.63, 3.8) is 0 Å². The second-order valence-electron chi connectivity index (χ2n) is 4.86. The molecule has 2 aromatic rings. The van der Waals surface area contributed by atoms with Crippen LogP contribution in [0, 0.1) is 5.82 Å². The van der Waals surface area contributed by atoms with Crippen LogP contribution in [0.15, 0.2) is 47.4 Å². The molecule has 2 N–H and O–H groups in total. The van der Waals surface area contributed by atoms with Crippen LogP contribution < -0.4 is 14.8 Å². The summed E-state index contributed by atoms with van der Waals surface area (Å²) in [4.78, 5) is 11.2. The molecule has 0 aliphatic rings. The third kappa shape index (κ3) is 4.23. The van der Waals surface area contributed by atoms with Gasteiger partial charge in [0.15, 0.2) is 0 Å². The minimum Gasteiger partial charge on any atom is -0.492 e. The van der Waals surface area contributed by atoms with Gasteiger partial charge in [0, 0.05) is 6.92 Å². The first-order chi connectivity index (χ1) is 11.3. The number of amides is 1. The lowest BCUT2D eigenvalue weighted by atomic mass is 10.3. The molecule has 1 amide bonds. The summed E-state index contributed by atoms with van der Waals surface area (Å²) < 4.78 is 46.0. The minimum absolute atomic E-state index is 0.127. The van der Waals surface area contributed by atoms with Crippen molar-refractivity contribution < 1.29 is 22.3 Å². The number of ether oxygens (including phenoxy) is 1. The van der Waals surface area contributed by atoms with Gasteiger partial charge in [-0.25, -0.2) is 12.8 Å². The van der Waals surface area contributed by atoms with Crippen LogP contribution >= 0.6 is 0 Å². The summed E-state index contributed by atoms with van der Waals surface area (Å²) in [6.07, 6.45) is 0. The Morgan fingerprint density at radius 1 is 1.17 bits per heavy atom. The van der Waals surface area contributed by atoms with Gasteiger partial charge in [-0.15, -0.1) is 0 Å². The normalized spacial score (nSPS) is 11.0. The molecule has 0 unspecified atom stereocenters. The van der Waals surface area contributed by atoms with Crippen LogP contribution in [-0.4, -0.2) is 20.9 Å². The van der Waals surface area contributed by atoms with Crippen LogP contribution in [0.1, 0.15) is 13.8 Å². The fraction of sp³-hybridized carbons (Fsp3) is 0.188. The molecular weight excluding hydrogens is 335 g/mol. The second-order valence-corrected chi connectivity index (χ2v) is 6.54. The van der Waals surface area contributed by atoms with Gasteiger partial charge in [-0.3, -0.25) is 9.52 Å². The van der Waals surface area contributed by atoms with Crippen LogP contribution in [0.4, 0.5) is 15.8 Å². The minimum atomic E-state index is -4.02. The number of halogens is 1. The predicted molar refractivity (Wildman–Crippen MR) is 89.1 cm³/mol. The Labute approximate surface area is 139 Å². The number of rotatable bonds is 6. The molecule has 2 aromatic carbocycles. The quantitative estimate of drug-likeness (QED) is 0.837. The first-order valence-corrected chi connectivity index (χ1v) is 8.63. The summed E-state index contributed by atoms with van der Waals surface area (Å²) in [6.45, 7) is 3.42. The van der Waals surface area contributed by atoms with Gasteiger partial charge >= 0.3 is 0 Å². The van der Waals surface area contributed by atoms with Crippen molar-refractivity contribution >= 4 is 27.3 Å². The van der Waals surface area contributed by atoms with Gasteiger partial charge < -0.3 is 10.1 Å². The second kappa shape index (κ2) is 7.31. The van der Waals surface area contributed by atoms with Gasteiger partial charge in [0.2, 0.25) is 5.91 Å². The number of sulfonamides is 1. The number of para-hydroxylation sites is 1. The summed E-state index contributed by atoms with van der Waals surface area (Å²) in [5, 5.41) is 2.52. The van der Waals surface area contributed by atoms with E-state index >= 15 is 0 Å². The highest BCUT2D eigenvalue weighted by molar-refractivity contribution is 7.92. The Morgan fingerprint density at radius 2 is 1.88 bits per heavy atom. The largest absolute Gasteiger partial charge is 0.492 e. The van der Waals surface area contributed by atoms with E-state index in [1.807, 2.05) is 0 Å². The van der Waals surface area contributed by atoms with Crippen LogP contribution in [0.5, 0.6) is 5.75 Å². The Kier molecular flexibility index (Phi) is 5.40. The van der Waals surface area contributed by atoms with Gasteiger partial charge in [-0.2, -0.15) is 0 Å². The van der Waals surface area contributed by atoms with E-state index in [4.69, 9.17) is 4.74 Å². The molecule has 0 saturated heterocycles. The van der Waals surface area contributed by atoms with E-state index < -0.39 is 15.8 Å². The molecule has 0 fully saturated rings. The van der Waals surface area contributed by atoms with Gasteiger partial charge in [0.05, 0.1) is 22.9 Å². The molecule has 0 spiro atoms. The van der Waals surface area contributed by atoms with Crippen LogP contribution in [-0.2, 0) is 14.8 Å². The summed E-state index contributed by atoms with van der Waals surface area (Å²) >= 11 is 0. The topological polar surface area (TPSA) is 84.5 Å². The Bertz CT molecular complexity index is 853. The van der Waals surface area contributed by atoms with E-state index in [2.05, 4.69) is 10.0 Å². The van der Waals surface area contributed by atoms with Gasteiger partial charge in [0.25, 0.3) is 10.0 Å². The highest BCUT2D eigenvalue weighted by Crippen LogP contribution is 2.29. The van der Waals surface area contributed by atoms with Crippen molar-refractivity contribution in [1.29, 1.82) is 0 Å². The molecule has 6 nitrogen and oxygen atoms in total. The zero-order chi connectivity index (χ0) is 17.7. The molecule has 0 aromatic heterocycles. The van der Waals surface area contributed by atoms with Crippen molar-refractivity contribution in [3.8, 4) is 5.75 Å². The van der Waals surface area contributed by atoms with Crippen molar-refractivity contribution in [2.75, 3.05) is 16.6 Å². The first-order valence-electron chi connectivity index (χ1n) is 7.15. The van der Waals surface area contributed by atoms with Crippen LogP contribution in [0.25, 0.3) is 0 Å². The number of anilines is 2. The van der Waals surface area contributed by atoms with E-state index in [9.17, 15) is 17.6 Å². The molecule has 0 heterocycles. The Balaban J connectivity index is 2.39. The molecule has 0 aliphatic heterocycles. The molecule has 24 heavy (non-hydrogen) atoms. The molecule has 128 valence electrons.